The van der Waals surface area contributed by atoms with Gasteiger partial charge in [-0.15, -0.1) is 0 Å². The van der Waals surface area contributed by atoms with E-state index in [1.165, 1.54) is 36.8 Å². The van der Waals surface area contributed by atoms with Crippen molar-refractivity contribution in [2.75, 3.05) is 18.9 Å². The van der Waals surface area contributed by atoms with Gasteiger partial charge in [-0.3, -0.25) is 18.8 Å². The zero-order valence-corrected chi connectivity index (χ0v) is 22.3. The first-order valence-electron chi connectivity index (χ1n) is 11.8. The van der Waals surface area contributed by atoms with Gasteiger partial charge >= 0.3 is 15.6 Å². The normalized spacial score (nSPS) is 21.8. The van der Waals surface area contributed by atoms with Crippen LogP contribution in [0.15, 0.2) is 61.1 Å². The third kappa shape index (κ3) is 6.64. The Hall–Kier alpha value is -3.45. The molecule has 1 fully saturated rings. The summed E-state index contributed by atoms with van der Waals surface area (Å²) in [5, 5.41) is 0. The van der Waals surface area contributed by atoms with Crippen molar-refractivity contribution in [2.45, 2.75) is 12.5 Å². The van der Waals surface area contributed by atoms with Crippen LogP contribution in [0.4, 0.5) is 14.7 Å². The third-order valence-corrected chi connectivity index (χ3v) is 8.12. The fraction of sp³-hybridized carbons (Fsp3) is 0.261. The lowest BCUT2D eigenvalue weighted by atomic mass is 9.70. The van der Waals surface area contributed by atoms with Crippen LogP contribution >= 0.6 is 15.6 Å². The van der Waals surface area contributed by atoms with E-state index < -0.39 is 39.1 Å². The lowest BCUT2D eigenvalue weighted by Gasteiger charge is -2.45. The molecule has 4 aromatic rings. The van der Waals surface area contributed by atoms with Gasteiger partial charge in [-0.2, -0.15) is 4.98 Å². The number of fused-ring (bicyclic) bond motifs is 1. The van der Waals surface area contributed by atoms with Crippen LogP contribution in [0.5, 0.6) is 11.5 Å². The van der Waals surface area contributed by atoms with E-state index in [0.29, 0.717) is 17.6 Å². The summed E-state index contributed by atoms with van der Waals surface area (Å²) < 4.78 is 73.5. The van der Waals surface area contributed by atoms with E-state index in [9.17, 15) is 27.7 Å². The van der Waals surface area contributed by atoms with Crippen molar-refractivity contribution in [3.8, 4) is 11.5 Å². The van der Waals surface area contributed by atoms with Crippen molar-refractivity contribution in [3.63, 3.8) is 0 Å². The van der Waals surface area contributed by atoms with Crippen LogP contribution in [0.25, 0.3) is 11.2 Å². The number of benzene rings is 2. The van der Waals surface area contributed by atoms with E-state index in [1.54, 1.807) is 4.57 Å². The summed E-state index contributed by atoms with van der Waals surface area (Å²) in [5.74, 6) is -2.21. The van der Waals surface area contributed by atoms with Crippen molar-refractivity contribution in [1.82, 2.24) is 19.5 Å². The Kier molecular flexibility index (Phi) is 7.87. The lowest BCUT2D eigenvalue weighted by molar-refractivity contribution is -0.00444. The molecule has 40 heavy (non-hydrogen) atoms. The molecule has 0 radical (unpaired) electrons. The van der Waals surface area contributed by atoms with Crippen molar-refractivity contribution in [1.29, 1.82) is 0 Å². The van der Waals surface area contributed by atoms with Crippen molar-refractivity contribution < 1.29 is 45.8 Å². The minimum atomic E-state index is -4.64. The summed E-state index contributed by atoms with van der Waals surface area (Å²) >= 11 is 0. The Morgan fingerprint density at radius 1 is 0.900 bits per heavy atom. The highest BCUT2D eigenvalue weighted by Gasteiger charge is 2.45. The van der Waals surface area contributed by atoms with Gasteiger partial charge in [0.05, 0.1) is 25.7 Å². The Labute approximate surface area is 225 Å². The van der Waals surface area contributed by atoms with Crippen LogP contribution in [0, 0.1) is 23.5 Å². The first-order chi connectivity index (χ1) is 19.0. The molecular formula is C23H23F2N5O8P2. The molecule has 1 aliphatic carbocycles. The molecule has 1 saturated carbocycles. The number of nitrogens with two attached hydrogens (primary N) is 1. The predicted molar refractivity (Wildman–Crippen MR) is 136 cm³/mol. The fourth-order valence-corrected chi connectivity index (χ4v) is 5.92. The Morgan fingerprint density at radius 3 is 2.02 bits per heavy atom. The van der Waals surface area contributed by atoms with Crippen molar-refractivity contribution >= 4 is 32.8 Å². The van der Waals surface area contributed by atoms with Gasteiger partial charge in [0.2, 0.25) is 5.95 Å². The minimum Gasteiger partial charge on any atom is -0.404 e. The van der Waals surface area contributed by atoms with Gasteiger partial charge in [0, 0.05) is 12.0 Å². The average molecular weight is 597 g/mol. The molecule has 5 atom stereocenters. The van der Waals surface area contributed by atoms with E-state index in [-0.39, 0.29) is 36.7 Å². The summed E-state index contributed by atoms with van der Waals surface area (Å²) in [5.41, 5.74) is 6.61. The molecule has 17 heteroatoms. The molecule has 2 heterocycles. The highest BCUT2D eigenvalue weighted by atomic mass is 31.2. The molecule has 0 spiro atoms. The van der Waals surface area contributed by atoms with Crippen molar-refractivity contribution in [2.24, 2.45) is 11.8 Å². The van der Waals surface area contributed by atoms with Crippen LogP contribution in [-0.2, 0) is 18.2 Å². The average Bonchev–Trinajstić information content (AvgIpc) is 3.28. The highest BCUT2D eigenvalue weighted by Crippen LogP contribution is 2.52. The Bertz CT molecular complexity index is 1590. The van der Waals surface area contributed by atoms with Gasteiger partial charge in [0.15, 0.2) is 5.65 Å². The molecule has 0 aliphatic heterocycles. The van der Waals surface area contributed by atoms with E-state index in [4.69, 9.17) is 23.8 Å². The van der Waals surface area contributed by atoms with Gasteiger partial charge in [0.1, 0.15) is 28.7 Å². The third-order valence-electron chi connectivity index (χ3n) is 6.29. The Morgan fingerprint density at radius 2 is 1.45 bits per heavy atom. The zero-order chi connectivity index (χ0) is 28.5. The van der Waals surface area contributed by atoms with Gasteiger partial charge in [-0.25, -0.2) is 27.9 Å². The lowest BCUT2D eigenvalue weighted by Crippen LogP contribution is -2.43. The number of halogens is 2. The molecule has 0 bridgehead atoms. The first-order valence-corrected chi connectivity index (χ1v) is 14.8. The molecule has 212 valence electrons. The molecule has 0 saturated heterocycles. The first kappa shape index (κ1) is 28.1. The molecule has 5 rings (SSSR count). The smallest absolute Gasteiger partial charge is 0.404 e. The second kappa shape index (κ2) is 11.2. The quantitative estimate of drug-likeness (QED) is 0.209. The van der Waals surface area contributed by atoms with E-state index in [1.807, 2.05) is 0 Å². The molecule has 0 amide bonds. The number of phosphoric ester groups is 2. The maximum atomic E-state index is 13.2. The summed E-state index contributed by atoms with van der Waals surface area (Å²) in [6, 6.07) is 8.56. The molecule has 2 unspecified atom stereocenters. The molecular weight excluding hydrogens is 574 g/mol. The number of nitrogen functional groups attached to an aromatic ring is 1. The zero-order valence-electron chi connectivity index (χ0n) is 20.5. The summed E-state index contributed by atoms with van der Waals surface area (Å²) in [4.78, 5) is 32.8. The number of imidazole rings is 1. The predicted octanol–water partition coefficient (Wildman–Crippen LogP) is 4.26. The Balaban J connectivity index is 1.30. The van der Waals surface area contributed by atoms with Crippen LogP contribution in [0.3, 0.4) is 0 Å². The SMILES string of the molecule is Nc1ncc2ncn([C@@H]3C[C@H](COP(=O)(O)Oc4ccc(F)cc4)[C@@H]3COP(=O)(O)Oc3ccc(F)cc3)c2n1. The molecule has 1 aliphatic rings. The van der Waals surface area contributed by atoms with E-state index >= 15 is 0 Å². The van der Waals surface area contributed by atoms with Gasteiger partial charge in [-0.05, 0) is 60.9 Å². The summed E-state index contributed by atoms with van der Waals surface area (Å²) in [6.45, 7) is -0.611. The minimum absolute atomic E-state index is 0.0213. The number of hydrogen-bond donors (Lipinski definition) is 3. The van der Waals surface area contributed by atoms with Crippen LogP contribution in [-0.4, -0.2) is 42.5 Å². The molecule has 2 aromatic heterocycles. The van der Waals surface area contributed by atoms with Gasteiger partial charge < -0.3 is 19.3 Å². The second-order valence-electron chi connectivity index (χ2n) is 8.93. The maximum Gasteiger partial charge on any atom is 0.527 e. The van der Waals surface area contributed by atoms with E-state index in [0.717, 1.165) is 24.3 Å². The standard InChI is InChI=1S/C23H23F2N5O8P2/c24-15-1-5-17(6-2-15)37-39(31,32)35-11-14-9-21(30-13-28-20-10-27-23(26)29-22(20)30)19(14)12-36-40(33,34)38-18-7-3-16(25)4-8-18/h1-8,10,13-14,19,21H,9,11-12H2,(H,31,32)(H,33,34)(H2,26,27,29)/t14-,19+,21-/m1/s1. The van der Waals surface area contributed by atoms with E-state index in [2.05, 4.69) is 15.0 Å². The number of aromatic nitrogens is 4. The monoisotopic (exact) mass is 597 g/mol. The largest absolute Gasteiger partial charge is 0.527 e. The number of rotatable bonds is 11. The summed E-state index contributed by atoms with van der Waals surface area (Å²) in [7, 11) is -9.24. The number of phosphoric acid groups is 2. The van der Waals surface area contributed by atoms with Crippen LogP contribution in [0.1, 0.15) is 12.5 Å². The summed E-state index contributed by atoms with van der Waals surface area (Å²) in [6.07, 6.45) is 3.34. The van der Waals surface area contributed by atoms with Crippen LogP contribution < -0.4 is 14.8 Å². The molecule has 4 N–H and O–H groups in total. The number of nitrogens with zero attached hydrogens (tertiary/aromatic N) is 4. The van der Waals surface area contributed by atoms with Crippen molar-refractivity contribution in [3.05, 3.63) is 72.7 Å². The maximum absolute atomic E-state index is 13.2. The molecule has 13 nitrogen and oxygen atoms in total. The number of anilines is 1. The topological polar surface area (TPSA) is 181 Å². The molecule has 2 aromatic carbocycles. The second-order valence-corrected chi connectivity index (χ2v) is 11.7. The highest BCUT2D eigenvalue weighted by molar-refractivity contribution is 7.48. The van der Waals surface area contributed by atoms with Gasteiger partial charge in [-0.1, -0.05) is 0 Å². The number of hydrogen-bond acceptors (Lipinski definition) is 10. The fourth-order valence-electron chi connectivity index (χ4n) is 4.30. The van der Waals surface area contributed by atoms with Crippen LogP contribution in [0.2, 0.25) is 0 Å². The van der Waals surface area contributed by atoms with Gasteiger partial charge in [0.25, 0.3) is 0 Å².